The van der Waals surface area contributed by atoms with Gasteiger partial charge in [0.05, 0.1) is 5.56 Å². The standard InChI is InChI=1S/C15H23N3O2/c1-18(2)15(19)11-8-9-14(17-10-11)20-13-7-5-3-4-6-12(13)16/h8-10,12-13H,3-7,16H2,1-2H3. The molecule has 0 aliphatic heterocycles. The van der Waals surface area contributed by atoms with Gasteiger partial charge in [-0.25, -0.2) is 4.98 Å². The summed E-state index contributed by atoms with van der Waals surface area (Å²) in [5.41, 5.74) is 6.69. The lowest BCUT2D eigenvalue weighted by molar-refractivity contribution is 0.0827. The summed E-state index contributed by atoms with van der Waals surface area (Å²) in [6.07, 6.45) is 7.10. The van der Waals surface area contributed by atoms with E-state index in [1.54, 1.807) is 32.4 Å². The molecule has 1 fully saturated rings. The van der Waals surface area contributed by atoms with Gasteiger partial charge in [0.15, 0.2) is 0 Å². The molecule has 0 saturated heterocycles. The zero-order valence-electron chi connectivity index (χ0n) is 12.2. The SMILES string of the molecule is CN(C)C(=O)c1ccc(OC2CCCCCC2N)nc1. The van der Waals surface area contributed by atoms with Crippen LogP contribution >= 0.6 is 0 Å². The molecule has 0 bridgehead atoms. The number of nitrogens with two attached hydrogens (primary N) is 1. The van der Waals surface area contributed by atoms with Gasteiger partial charge in [0.25, 0.3) is 5.91 Å². The van der Waals surface area contributed by atoms with Crippen molar-refractivity contribution in [3.8, 4) is 5.88 Å². The summed E-state index contributed by atoms with van der Waals surface area (Å²) in [4.78, 5) is 17.5. The number of amides is 1. The number of nitrogens with zero attached hydrogens (tertiary/aromatic N) is 2. The zero-order valence-corrected chi connectivity index (χ0v) is 12.2. The number of pyridine rings is 1. The maximum atomic E-state index is 11.8. The molecular formula is C15H23N3O2. The summed E-state index contributed by atoms with van der Waals surface area (Å²) in [5, 5.41) is 0. The summed E-state index contributed by atoms with van der Waals surface area (Å²) >= 11 is 0. The first-order valence-corrected chi connectivity index (χ1v) is 7.18. The van der Waals surface area contributed by atoms with Crippen molar-refractivity contribution in [2.75, 3.05) is 14.1 Å². The Balaban J connectivity index is 2.01. The van der Waals surface area contributed by atoms with Crippen molar-refractivity contribution in [1.29, 1.82) is 0 Å². The summed E-state index contributed by atoms with van der Waals surface area (Å²) in [6.45, 7) is 0. The highest BCUT2D eigenvalue weighted by atomic mass is 16.5. The lowest BCUT2D eigenvalue weighted by Crippen LogP contribution is -2.38. The number of hydrogen-bond acceptors (Lipinski definition) is 4. The highest BCUT2D eigenvalue weighted by Gasteiger charge is 2.22. The third kappa shape index (κ3) is 3.70. The number of rotatable bonds is 3. The van der Waals surface area contributed by atoms with Crippen molar-refractivity contribution in [3.63, 3.8) is 0 Å². The minimum Gasteiger partial charge on any atom is -0.473 e. The Kier molecular flexibility index (Phi) is 4.95. The van der Waals surface area contributed by atoms with E-state index < -0.39 is 0 Å². The number of carbonyl (C=O) groups is 1. The molecule has 0 radical (unpaired) electrons. The van der Waals surface area contributed by atoms with Gasteiger partial charge in [-0.3, -0.25) is 4.79 Å². The van der Waals surface area contributed by atoms with E-state index in [2.05, 4.69) is 4.98 Å². The first-order chi connectivity index (χ1) is 9.58. The van der Waals surface area contributed by atoms with Crippen molar-refractivity contribution in [1.82, 2.24) is 9.88 Å². The third-order valence-electron chi connectivity index (χ3n) is 3.67. The molecule has 1 aromatic rings. The van der Waals surface area contributed by atoms with E-state index in [9.17, 15) is 4.79 Å². The van der Waals surface area contributed by atoms with Crippen molar-refractivity contribution in [3.05, 3.63) is 23.9 Å². The highest BCUT2D eigenvalue weighted by Crippen LogP contribution is 2.21. The van der Waals surface area contributed by atoms with Gasteiger partial charge in [0.2, 0.25) is 5.88 Å². The molecule has 0 aromatic carbocycles. The molecule has 1 amide bonds. The molecule has 20 heavy (non-hydrogen) atoms. The number of ether oxygens (including phenoxy) is 1. The Labute approximate surface area is 120 Å². The Bertz CT molecular complexity index is 445. The number of hydrogen-bond donors (Lipinski definition) is 1. The molecule has 110 valence electrons. The van der Waals surface area contributed by atoms with Crippen LogP contribution < -0.4 is 10.5 Å². The smallest absolute Gasteiger partial charge is 0.254 e. The van der Waals surface area contributed by atoms with Crippen LogP contribution in [-0.2, 0) is 0 Å². The van der Waals surface area contributed by atoms with Crippen LogP contribution in [0.15, 0.2) is 18.3 Å². The topological polar surface area (TPSA) is 68.5 Å². The maximum Gasteiger partial charge on any atom is 0.254 e. The molecule has 1 aliphatic rings. The maximum absolute atomic E-state index is 11.8. The minimum absolute atomic E-state index is 0.0281. The summed E-state index contributed by atoms with van der Waals surface area (Å²) in [6, 6.07) is 3.56. The number of aromatic nitrogens is 1. The second kappa shape index (κ2) is 6.70. The first-order valence-electron chi connectivity index (χ1n) is 7.18. The van der Waals surface area contributed by atoms with E-state index >= 15 is 0 Å². The van der Waals surface area contributed by atoms with E-state index in [0.717, 1.165) is 19.3 Å². The quantitative estimate of drug-likeness (QED) is 0.856. The van der Waals surface area contributed by atoms with Crippen LogP contribution in [0.4, 0.5) is 0 Å². The third-order valence-corrected chi connectivity index (χ3v) is 3.67. The molecule has 5 heteroatoms. The molecule has 1 aromatic heterocycles. The molecule has 2 unspecified atom stereocenters. The fourth-order valence-electron chi connectivity index (χ4n) is 2.44. The second-order valence-electron chi connectivity index (χ2n) is 5.54. The van der Waals surface area contributed by atoms with Crippen LogP contribution in [0.3, 0.4) is 0 Å². The van der Waals surface area contributed by atoms with E-state index in [1.165, 1.54) is 17.7 Å². The predicted molar refractivity (Wildman–Crippen MR) is 77.7 cm³/mol. The van der Waals surface area contributed by atoms with Crippen LogP contribution in [0.1, 0.15) is 42.5 Å². The summed E-state index contributed by atoms with van der Waals surface area (Å²) in [7, 11) is 3.44. The molecule has 1 saturated carbocycles. The van der Waals surface area contributed by atoms with E-state index in [0.29, 0.717) is 11.4 Å². The van der Waals surface area contributed by atoms with Gasteiger partial charge in [-0.1, -0.05) is 12.8 Å². The van der Waals surface area contributed by atoms with Gasteiger partial charge in [-0.15, -0.1) is 0 Å². The Morgan fingerprint density at radius 2 is 2.05 bits per heavy atom. The average Bonchev–Trinajstić information content (AvgIpc) is 2.64. The molecule has 1 heterocycles. The van der Waals surface area contributed by atoms with Crippen LogP contribution in [0.5, 0.6) is 5.88 Å². The van der Waals surface area contributed by atoms with Gasteiger partial charge < -0.3 is 15.4 Å². The Hall–Kier alpha value is -1.62. The van der Waals surface area contributed by atoms with E-state index in [1.807, 2.05) is 0 Å². The molecule has 2 atom stereocenters. The van der Waals surface area contributed by atoms with E-state index in [4.69, 9.17) is 10.5 Å². The van der Waals surface area contributed by atoms with Crippen molar-refractivity contribution in [2.45, 2.75) is 44.2 Å². The van der Waals surface area contributed by atoms with E-state index in [-0.39, 0.29) is 18.1 Å². The summed E-state index contributed by atoms with van der Waals surface area (Å²) < 4.78 is 5.88. The largest absolute Gasteiger partial charge is 0.473 e. The summed E-state index contributed by atoms with van der Waals surface area (Å²) in [5.74, 6) is 0.484. The van der Waals surface area contributed by atoms with Gasteiger partial charge >= 0.3 is 0 Å². The fraction of sp³-hybridized carbons (Fsp3) is 0.600. The molecule has 5 nitrogen and oxygen atoms in total. The van der Waals surface area contributed by atoms with Gasteiger partial charge in [0, 0.05) is 32.4 Å². The van der Waals surface area contributed by atoms with Crippen LogP contribution in [-0.4, -0.2) is 42.0 Å². The second-order valence-corrected chi connectivity index (χ2v) is 5.54. The van der Waals surface area contributed by atoms with Crippen LogP contribution in [0.25, 0.3) is 0 Å². The van der Waals surface area contributed by atoms with Gasteiger partial charge in [-0.05, 0) is 25.3 Å². The van der Waals surface area contributed by atoms with Gasteiger partial charge in [-0.2, -0.15) is 0 Å². The lowest BCUT2D eigenvalue weighted by atomic mass is 10.1. The Morgan fingerprint density at radius 3 is 2.70 bits per heavy atom. The normalized spacial score (nSPS) is 22.9. The van der Waals surface area contributed by atoms with Crippen molar-refractivity contribution >= 4 is 5.91 Å². The Morgan fingerprint density at radius 1 is 1.30 bits per heavy atom. The van der Waals surface area contributed by atoms with Crippen molar-refractivity contribution < 1.29 is 9.53 Å². The zero-order chi connectivity index (χ0) is 14.5. The molecule has 2 N–H and O–H groups in total. The van der Waals surface area contributed by atoms with Crippen LogP contribution in [0.2, 0.25) is 0 Å². The molecule has 0 spiro atoms. The average molecular weight is 277 g/mol. The van der Waals surface area contributed by atoms with Gasteiger partial charge in [0.1, 0.15) is 6.10 Å². The fourth-order valence-corrected chi connectivity index (χ4v) is 2.44. The predicted octanol–water partition coefficient (Wildman–Crippen LogP) is 1.82. The number of carbonyl (C=O) groups excluding carboxylic acids is 1. The van der Waals surface area contributed by atoms with Crippen LogP contribution in [0, 0.1) is 0 Å². The van der Waals surface area contributed by atoms with Crippen molar-refractivity contribution in [2.24, 2.45) is 5.73 Å². The highest BCUT2D eigenvalue weighted by molar-refractivity contribution is 5.93. The lowest BCUT2D eigenvalue weighted by Gasteiger charge is -2.22. The molecule has 2 rings (SSSR count). The first kappa shape index (κ1) is 14.8. The molecular weight excluding hydrogens is 254 g/mol. The minimum atomic E-state index is -0.0600. The monoisotopic (exact) mass is 277 g/mol. The molecule has 1 aliphatic carbocycles.